The van der Waals surface area contributed by atoms with Gasteiger partial charge >= 0.3 is 6.09 Å². The highest BCUT2D eigenvalue weighted by molar-refractivity contribution is 5.81. The van der Waals surface area contributed by atoms with Crippen molar-refractivity contribution in [1.82, 2.24) is 15.5 Å². The third-order valence-electron chi connectivity index (χ3n) is 4.75. The number of benzene rings is 1. The first-order valence-electron chi connectivity index (χ1n) is 9.38. The number of nitrogens with one attached hydrogen (secondary N) is 2. The summed E-state index contributed by atoms with van der Waals surface area (Å²) in [6.07, 6.45) is 1.68. The lowest BCUT2D eigenvalue weighted by Gasteiger charge is -2.23. The van der Waals surface area contributed by atoms with Gasteiger partial charge in [-0.3, -0.25) is 4.99 Å². The second-order valence-corrected chi connectivity index (χ2v) is 8.13. The molecule has 3 atom stereocenters. The van der Waals surface area contributed by atoms with Crippen LogP contribution in [-0.2, 0) is 4.74 Å². The van der Waals surface area contributed by atoms with Crippen LogP contribution in [0.2, 0.25) is 0 Å². The van der Waals surface area contributed by atoms with Crippen LogP contribution in [0, 0.1) is 0 Å². The zero-order valence-corrected chi connectivity index (χ0v) is 16.2. The van der Waals surface area contributed by atoms with Crippen LogP contribution in [0.1, 0.15) is 45.1 Å². The monoisotopic (exact) mass is 358 g/mol. The zero-order valence-electron chi connectivity index (χ0n) is 16.2. The summed E-state index contributed by atoms with van der Waals surface area (Å²) >= 11 is 0. The van der Waals surface area contributed by atoms with Gasteiger partial charge in [-0.2, -0.15) is 0 Å². The number of guanidine groups is 1. The maximum Gasteiger partial charge on any atom is 0.407 e. The maximum absolute atomic E-state index is 12.0. The number of ether oxygens (including phenoxy) is 1. The van der Waals surface area contributed by atoms with Crippen LogP contribution in [0.25, 0.3) is 0 Å². The molecule has 6 nitrogen and oxygen atoms in total. The van der Waals surface area contributed by atoms with Gasteiger partial charge in [0.2, 0.25) is 0 Å². The molecule has 0 radical (unpaired) electrons. The summed E-state index contributed by atoms with van der Waals surface area (Å²) in [5.41, 5.74) is 0.907. The van der Waals surface area contributed by atoms with Crippen molar-refractivity contribution in [3.05, 3.63) is 35.9 Å². The maximum atomic E-state index is 12.0. The number of carbonyl (C=O) groups excluding carboxylic acids is 1. The molecule has 2 fully saturated rings. The van der Waals surface area contributed by atoms with Crippen LogP contribution in [0.4, 0.5) is 4.79 Å². The number of alkyl carbamates (subject to hydrolysis) is 1. The van der Waals surface area contributed by atoms with Gasteiger partial charge in [0.25, 0.3) is 0 Å². The average molecular weight is 358 g/mol. The Morgan fingerprint density at radius 1 is 1.23 bits per heavy atom. The largest absolute Gasteiger partial charge is 0.444 e. The molecule has 2 aliphatic rings. The molecule has 6 heteroatoms. The van der Waals surface area contributed by atoms with Crippen LogP contribution >= 0.6 is 0 Å². The van der Waals surface area contributed by atoms with E-state index in [0.717, 1.165) is 31.9 Å². The van der Waals surface area contributed by atoms with E-state index in [9.17, 15) is 4.79 Å². The first-order chi connectivity index (χ1) is 12.4. The molecule has 1 saturated heterocycles. The van der Waals surface area contributed by atoms with Crippen molar-refractivity contribution in [2.45, 2.75) is 57.2 Å². The molecule has 1 saturated carbocycles. The molecule has 3 unspecified atom stereocenters. The molecule has 1 aromatic carbocycles. The fourth-order valence-electron chi connectivity index (χ4n) is 3.43. The van der Waals surface area contributed by atoms with Crippen molar-refractivity contribution < 1.29 is 9.53 Å². The summed E-state index contributed by atoms with van der Waals surface area (Å²) in [5, 5.41) is 6.54. The second kappa shape index (κ2) is 7.56. The Bertz CT molecular complexity index is 654. The number of nitrogens with zero attached hydrogens (tertiary/aromatic N) is 2. The minimum absolute atomic E-state index is 0.0903. The molecule has 1 amide bonds. The lowest BCUT2D eigenvalue weighted by Crippen LogP contribution is -2.44. The van der Waals surface area contributed by atoms with Gasteiger partial charge in [0.1, 0.15) is 5.60 Å². The minimum Gasteiger partial charge on any atom is -0.444 e. The van der Waals surface area contributed by atoms with E-state index in [-0.39, 0.29) is 12.1 Å². The molecule has 1 aliphatic carbocycles. The SMILES string of the molecule is CN=C(NC1CC1c1ccccc1)N1CCC(NC(=O)OC(C)(C)C)C1. The number of aliphatic imine (C=N–C) groups is 1. The highest BCUT2D eigenvalue weighted by Crippen LogP contribution is 2.40. The number of amides is 1. The molecule has 2 N–H and O–H groups in total. The van der Waals surface area contributed by atoms with E-state index in [1.807, 2.05) is 27.8 Å². The van der Waals surface area contributed by atoms with Crippen molar-refractivity contribution in [2.75, 3.05) is 20.1 Å². The highest BCUT2D eigenvalue weighted by Gasteiger charge is 2.40. The van der Waals surface area contributed by atoms with Gasteiger partial charge < -0.3 is 20.3 Å². The Morgan fingerprint density at radius 3 is 2.62 bits per heavy atom. The zero-order chi connectivity index (χ0) is 18.7. The van der Waals surface area contributed by atoms with Crippen LogP contribution in [-0.4, -0.2) is 54.8 Å². The topological polar surface area (TPSA) is 66.0 Å². The number of hydrogen-bond acceptors (Lipinski definition) is 3. The van der Waals surface area contributed by atoms with Crippen LogP contribution in [0.5, 0.6) is 0 Å². The number of likely N-dealkylation sites (tertiary alicyclic amines) is 1. The Balaban J connectivity index is 1.48. The number of rotatable bonds is 3. The molecule has 26 heavy (non-hydrogen) atoms. The number of hydrogen-bond donors (Lipinski definition) is 2. The molecular formula is C20H30N4O2. The van der Waals surface area contributed by atoms with E-state index < -0.39 is 5.60 Å². The highest BCUT2D eigenvalue weighted by atomic mass is 16.6. The third-order valence-corrected chi connectivity index (χ3v) is 4.75. The van der Waals surface area contributed by atoms with Gasteiger partial charge in [-0.15, -0.1) is 0 Å². The summed E-state index contributed by atoms with van der Waals surface area (Å²) in [4.78, 5) is 18.6. The van der Waals surface area contributed by atoms with Crippen molar-refractivity contribution in [3.63, 3.8) is 0 Å². The molecular weight excluding hydrogens is 328 g/mol. The van der Waals surface area contributed by atoms with E-state index in [0.29, 0.717) is 12.0 Å². The van der Waals surface area contributed by atoms with E-state index in [2.05, 4.69) is 50.9 Å². The molecule has 0 spiro atoms. The Labute approximate surface area is 156 Å². The molecule has 0 aromatic heterocycles. The minimum atomic E-state index is -0.474. The van der Waals surface area contributed by atoms with Gasteiger partial charge in [-0.05, 0) is 39.2 Å². The fraction of sp³-hybridized carbons (Fsp3) is 0.600. The van der Waals surface area contributed by atoms with Gasteiger partial charge in [-0.1, -0.05) is 30.3 Å². The average Bonchev–Trinajstić information content (AvgIpc) is 3.21. The van der Waals surface area contributed by atoms with Crippen molar-refractivity contribution in [3.8, 4) is 0 Å². The van der Waals surface area contributed by atoms with Crippen molar-refractivity contribution in [2.24, 2.45) is 4.99 Å². The first kappa shape index (κ1) is 18.5. The molecule has 1 aliphatic heterocycles. The van der Waals surface area contributed by atoms with Gasteiger partial charge in [0.15, 0.2) is 5.96 Å². The quantitative estimate of drug-likeness (QED) is 0.644. The normalized spacial score (nSPS) is 25.8. The van der Waals surface area contributed by atoms with E-state index in [1.165, 1.54) is 5.56 Å². The van der Waals surface area contributed by atoms with Gasteiger partial charge in [0, 0.05) is 32.1 Å². The molecule has 3 rings (SSSR count). The van der Waals surface area contributed by atoms with Crippen LogP contribution in [0.15, 0.2) is 35.3 Å². The summed E-state index contributed by atoms with van der Waals surface area (Å²) in [7, 11) is 1.82. The predicted octanol–water partition coefficient (Wildman–Crippen LogP) is 2.72. The standard InChI is InChI=1S/C20H30N4O2/c1-20(2,3)26-19(25)22-15-10-11-24(13-15)18(21-4)23-17-12-16(17)14-8-6-5-7-9-14/h5-9,15-17H,10-13H2,1-4H3,(H,21,23)(H,22,25). The number of carbonyl (C=O) groups is 1. The van der Waals surface area contributed by atoms with Crippen LogP contribution in [0.3, 0.4) is 0 Å². The summed E-state index contributed by atoms with van der Waals surface area (Å²) < 4.78 is 5.34. The summed E-state index contributed by atoms with van der Waals surface area (Å²) in [6, 6.07) is 11.1. The fourth-order valence-corrected chi connectivity index (χ4v) is 3.43. The Morgan fingerprint density at radius 2 is 1.96 bits per heavy atom. The summed E-state index contributed by atoms with van der Waals surface area (Å²) in [6.45, 7) is 7.25. The van der Waals surface area contributed by atoms with E-state index in [1.54, 1.807) is 0 Å². The molecule has 142 valence electrons. The van der Waals surface area contributed by atoms with Gasteiger partial charge in [-0.25, -0.2) is 4.79 Å². The lowest BCUT2D eigenvalue weighted by atomic mass is 10.1. The van der Waals surface area contributed by atoms with Crippen molar-refractivity contribution in [1.29, 1.82) is 0 Å². The third kappa shape index (κ3) is 4.90. The van der Waals surface area contributed by atoms with Gasteiger partial charge in [0.05, 0.1) is 6.04 Å². The molecule has 1 aromatic rings. The van der Waals surface area contributed by atoms with E-state index >= 15 is 0 Å². The first-order valence-corrected chi connectivity index (χ1v) is 9.38. The second-order valence-electron chi connectivity index (χ2n) is 8.13. The van der Waals surface area contributed by atoms with Crippen LogP contribution < -0.4 is 10.6 Å². The van der Waals surface area contributed by atoms with E-state index in [4.69, 9.17) is 4.74 Å². The summed E-state index contributed by atoms with van der Waals surface area (Å²) in [5.74, 6) is 1.48. The predicted molar refractivity (Wildman–Crippen MR) is 103 cm³/mol. The van der Waals surface area contributed by atoms with Crippen molar-refractivity contribution >= 4 is 12.1 Å². The molecule has 0 bridgehead atoms. The smallest absolute Gasteiger partial charge is 0.407 e. The Hall–Kier alpha value is -2.24. The Kier molecular flexibility index (Phi) is 5.39. The lowest BCUT2D eigenvalue weighted by molar-refractivity contribution is 0.0507. The molecule has 1 heterocycles.